The predicted octanol–water partition coefficient (Wildman–Crippen LogP) is 0.950. The van der Waals surface area contributed by atoms with Crippen molar-refractivity contribution in [3.05, 3.63) is 36.4 Å². The number of sulfonamides is 1. The highest BCUT2D eigenvalue weighted by Gasteiger charge is 2.17. The topological polar surface area (TPSA) is 101 Å². The largest absolute Gasteiger partial charge is 0.326 e. The number of carbonyl (C=O) groups is 1. The molecule has 100 valence electrons. The van der Waals surface area contributed by atoms with Gasteiger partial charge in [-0.3, -0.25) is 10.6 Å². The molecule has 4 N–H and O–H groups in total. The number of nitrogens with one attached hydrogen (secondary N) is 2. The summed E-state index contributed by atoms with van der Waals surface area (Å²) in [4.78, 5) is 13.0. The van der Waals surface area contributed by atoms with Crippen LogP contribution in [0.4, 0.5) is 5.69 Å². The van der Waals surface area contributed by atoms with Crippen LogP contribution in [0, 0.1) is 0 Å². The van der Waals surface area contributed by atoms with Crippen LogP contribution in [0.5, 0.6) is 0 Å². The molecular formula is C12H13N3O3S. The van der Waals surface area contributed by atoms with Crippen LogP contribution in [0.1, 0.15) is 6.92 Å². The number of hydrogen-bond acceptors (Lipinski definition) is 4. The van der Waals surface area contributed by atoms with E-state index in [1.54, 1.807) is 29.1 Å². The molecule has 0 spiro atoms. The second-order valence-electron chi connectivity index (χ2n) is 3.96. The fourth-order valence-electron chi connectivity index (χ4n) is 1.87. The lowest BCUT2D eigenvalue weighted by Gasteiger charge is -2.11. The molecule has 0 aliphatic carbocycles. The highest BCUT2D eigenvalue weighted by molar-refractivity contribution is 7.89. The van der Waals surface area contributed by atoms with Crippen LogP contribution in [-0.4, -0.2) is 14.3 Å². The lowest BCUT2D eigenvalue weighted by Crippen LogP contribution is -2.30. The van der Waals surface area contributed by atoms with Gasteiger partial charge in [0.15, 0.2) is 0 Å². The van der Waals surface area contributed by atoms with E-state index in [2.05, 4.69) is 5.32 Å². The number of fused-ring (bicyclic) bond motifs is 1. The van der Waals surface area contributed by atoms with Crippen molar-refractivity contribution < 1.29 is 13.2 Å². The first kappa shape index (κ1) is 13.5. The van der Waals surface area contributed by atoms with E-state index in [0.29, 0.717) is 16.5 Å². The zero-order valence-electron chi connectivity index (χ0n) is 10.2. The molecule has 0 heterocycles. The van der Waals surface area contributed by atoms with E-state index in [1.165, 1.54) is 19.1 Å². The standard InChI is InChI=1S/C12H13N3O3S/c1-8(16)14-11-6-7-12(19(17,18)15-13)10-5-3-2-4-9(10)11/h2-7,15H,13H2,1H3,(H,14,16). The maximum absolute atomic E-state index is 11.8. The Kier molecular flexibility index (Phi) is 3.52. The first-order valence-corrected chi connectivity index (χ1v) is 6.96. The van der Waals surface area contributed by atoms with Gasteiger partial charge in [-0.2, -0.15) is 4.83 Å². The summed E-state index contributed by atoms with van der Waals surface area (Å²) in [5.41, 5.74) is 0.555. The smallest absolute Gasteiger partial charge is 0.253 e. The molecule has 0 aromatic heterocycles. The van der Waals surface area contributed by atoms with Crippen molar-refractivity contribution in [2.45, 2.75) is 11.8 Å². The summed E-state index contributed by atoms with van der Waals surface area (Å²) in [5.74, 6) is 4.82. The van der Waals surface area contributed by atoms with Gasteiger partial charge in [-0.25, -0.2) is 8.42 Å². The Labute approximate surface area is 110 Å². The molecule has 0 saturated carbocycles. The average molecular weight is 279 g/mol. The zero-order chi connectivity index (χ0) is 14.0. The third-order valence-corrected chi connectivity index (χ3v) is 3.88. The van der Waals surface area contributed by atoms with E-state index in [9.17, 15) is 13.2 Å². The first-order chi connectivity index (χ1) is 8.95. The molecule has 0 fully saturated rings. The summed E-state index contributed by atoms with van der Waals surface area (Å²) in [7, 11) is -3.75. The van der Waals surface area contributed by atoms with Gasteiger partial charge in [-0.05, 0) is 12.1 Å². The van der Waals surface area contributed by atoms with Crippen LogP contribution in [0.15, 0.2) is 41.3 Å². The Morgan fingerprint density at radius 2 is 1.74 bits per heavy atom. The number of hydrazine groups is 1. The Morgan fingerprint density at radius 3 is 2.32 bits per heavy atom. The van der Waals surface area contributed by atoms with Crippen LogP contribution < -0.4 is 16.0 Å². The molecule has 0 atom stereocenters. The molecule has 2 aromatic rings. The zero-order valence-corrected chi connectivity index (χ0v) is 11.0. The van der Waals surface area contributed by atoms with E-state index in [0.717, 1.165) is 0 Å². The van der Waals surface area contributed by atoms with Crippen molar-refractivity contribution in [3.63, 3.8) is 0 Å². The van der Waals surface area contributed by atoms with Gasteiger partial charge in [0, 0.05) is 23.4 Å². The number of nitrogens with two attached hydrogens (primary N) is 1. The Hall–Kier alpha value is -1.96. The van der Waals surface area contributed by atoms with Gasteiger partial charge < -0.3 is 5.32 Å². The van der Waals surface area contributed by atoms with Crippen LogP contribution in [0.2, 0.25) is 0 Å². The summed E-state index contributed by atoms with van der Waals surface area (Å²) >= 11 is 0. The van der Waals surface area contributed by atoms with E-state index in [-0.39, 0.29) is 10.8 Å². The molecule has 6 nitrogen and oxygen atoms in total. The van der Waals surface area contributed by atoms with E-state index in [1.807, 2.05) is 0 Å². The van der Waals surface area contributed by atoms with E-state index < -0.39 is 10.0 Å². The van der Waals surface area contributed by atoms with Gasteiger partial charge >= 0.3 is 0 Å². The minimum absolute atomic E-state index is 0.0692. The van der Waals surface area contributed by atoms with Crippen LogP contribution in [0.25, 0.3) is 10.8 Å². The number of anilines is 1. The summed E-state index contributed by atoms with van der Waals surface area (Å²) in [6.07, 6.45) is 0. The van der Waals surface area contributed by atoms with Crippen molar-refractivity contribution in [2.24, 2.45) is 5.84 Å². The van der Waals surface area contributed by atoms with Gasteiger partial charge in [0.05, 0.1) is 4.90 Å². The number of hydrogen-bond donors (Lipinski definition) is 3. The molecule has 0 unspecified atom stereocenters. The lowest BCUT2D eigenvalue weighted by molar-refractivity contribution is -0.114. The normalized spacial score (nSPS) is 11.5. The highest BCUT2D eigenvalue weighted by atomic mass is 32.2. The van der Waals surface area contributed by atoms with Crippen LogP contribution in [-0.2, 0) is 14.8 Å². The molecule has 0 aliphatic heterocycles. The van der Waals surface area contributed by atoms with Gasteiger partial charge in [0.2, 0.25) is 5.91 Å². The minimum atomic E-state index is -3.75. The van der Waals surface area contributed by atoms with Crippen LogP contribution >= 0.6 is 0 Å². The SMILES string of the molecule is CC(=O)Nc1ccc(S(=O)(=O)NN)c2ccccc12. The van der Waals surface area contributed by atoms with Crippen molar-refractivity contribution in [2.75, 3.05) is 5.32 Å². The quantitative estimate of drug-likeness (QED) is 0.575. The van der Waals surface area contributed by atoms with Crippen molar-refractivity contribution in [1.29, 1.82) is 0 Å². The van der Waals surface area contributed by atoms with Gasteiger partial charge in [0.25, 0.3) is 10.0 Å². The molecule has 0 aliphatic rings. The van der Waals surface area contributed by atoms with Crippen molar-refractivity contribution in [3.8, 4) is 0 Å². The number of amides is 1. The molecule has 2 aromatic carbocycles. The van der Waals surface area contributed by atoms with E-state index >= 15 is 0 Å². The van der Waals surface area contributed by atoms with E-state index in [4.69, 9.17) is 5.84 Å². The molecule has 0 saturated heterocycles. The maximum Gasteiger partial charge on any atom is 0.253 e. The second kappa shape index (κ2) is 4.96. The molecule has 19 heavy (non-hydrogen) atoms. The third-order valence-electron chi connectivity index (χ3n) is 2.64. The maximum atomic E-state index is 11.8. The van der Waals surface area contributed by atoms with Gasteiger partial charge in [-0.15, -0.1) is 0 Å². The predicted molar refractivity (Wildman–Crippen MR) is 72.8 cm³/mol. The Balaban J connectivity index is 2.75. The Morgan fingerprint density at radius 1 is 1.11 bits per heavy atom. The molecular weight excluding hydrogens is 266 g/mol. The fourth-order valence-corrected chi connectivity index (χ4v) is 2.71. The highest BCUT2D eigenvalue weighted by Crippen LogP contribution is 2.29. The number of rotatable bonds is 3. The van der Waals surface area contributed by atoms with Gasteiger partial charge in [0.1, 0.15) is 0 Å². The first-order valence-electron chi connectivity index (χ1n) is 5.47. The number of carbonyl (C=O) groups excluding carboxylic acids is 1. The Bertz CT molecular complexity index is 741. The molecule has 1 amide bonds. The van der Waals surface area contributed by atoms with Crippen LogP contribution in [0.3, 0.4) is 0 Å². The molecule has 2 rings (SSSR count). The number of benzene rings is 2. The minimum Gasteiger partial charge on any atom is -0.326 e. The summed E-state index contributed by atoms with van der Waals surface area (Å²) in [6, 6.07) is 9.81. The van der Waals surface area contributed by atoms with Gasteiger partial charge in [-0.1, -0.05) is 24.3 Å². The third kappa shape index (κ3) is 2.58. The average Bonchev–Trinajstić information content (AvgIpc) is 2.38. The molecule has 0 radical (unpaired) electrons. The fraction of sp³-hybridized carbons (Fsp3) is 0.0833. The summed E-state index contributed by atoms with van der Waals surface area (Å²) < 4.78 is 23.6. The monoisotopic (exact) mass is 279 g/mol. The molecule has 7 heteroatoms. The second-order valence-corrected chi connectivity index (χ2v) is 5.64. The molecule has 0 bridgehead atoms. The lowest BCUT2D eigenvalue weighted by atomic mass is 10.1. The summed E-state index contributed by atoms with van der Waals surface area (Å²) in [5, 5.41) is 3.78. The summed E-state index contributed by atoms with van der Waals surface area (Å²) in [6.45, 7) is 1.39. The van der Waals surface area contributed by atoms with Crippen molar-refractivity contribution >= 4 is 32.4 Å². The van der Waals surface area contributed by atoms with Crippen molar-refractivity contribution in [1.82, 2.24) is 4.83 Å².